The van der Waals surface area contributed by atoms with Crippen LogP contribution in [0.5, 0.6) is 5.75 Å². The summed E-state index contributed by atoms with van der Waals surface area (Å²) < 4.78 is 0. The van der Waals surface area contributed by atoms with E-state index in [2.05, 4.69) is 58.0 Å². The molecule has 19 heavy (non-hydrogen) atoms. The maximum Gasteiger partial charge on any atom is 0.129 e. The molecule has 0 saturated carbocycles. The van der Waals surface area contributed by atoms with Crippen molar-refractivity contribution in [1.82, 2.24) is 0 Å². The van der Waals surface area contributed by atoms with E-state index < -0.39 is 0 Å². The van der Waals surface area contributed by atoms with Gasteiger partial charge in [0.05, 0.1) is 4.90 Å². The lowest BCUT2D eigenvalue weighted by Gasteiger charge is -2.20. The number of aryl methyl sites for hydroxylation is 1. The predicted molar refractivity (Wildman–Crippen MR) is 82.1 cm³/mol. The zero-order valence-corrected chi connectivity index (χ0v) is 12.7. The van der Waals surface area contributed by atoms with Crippen LogP contribution in [-0.4, -0.2) is 5.11 Å². The number of benzene rings is 2. The average Bonchev–Trinajstić information content (AvgIpc) is 2.33. The fraction of sp³-hybridized carbons (Fsp3) is 0.294. The molecule has 0 aromatic heterocycles. The third kappa shape index (κ3) is 3.54. The molecule has 1 nitrogen and oxygen atoms in total. The van der Waals surface area contributed by atoms with Gasteiger partial charge in [-0.05, 0) is 42.2 Å². The van der Waals surface area contributed by atoms with E-state index in [0.29, 0.717) is 5.75 Å². The van der Waals surface area contributed by atoms with Crippen LogP contribution in [0.2, 0.25) is 0 Å². The summed E-state index contributed by atoms with van der Waals surface area (Å²) in [6.07, 6.45) is 0. The monoisotopic (exact) mass is 272 g/mol. The van der Waals surface area contributed by atoms with Crippen LogP contribution >= 0.6 is 11.8 Å². The molecule has 0 heterocycles. The van der Waals surface area contributed by atoms with Crippen molar-refractivity contribution in [3.63, 3.8) is 0 Å². The van der Waals surface area contributed by atoms with Gasteiger partial charge in [-0.1, -0.05) is 56.3 Å². The van der Waals surface area contributed by atoms with Gasteiger partial charge < -0.3 is 5.11 Å². The first-order chi connectivity index (χ1) is 8.86. The summed E-state index contributed by atoms with van der Waals surface area (Å²) in [5.41, 5.74) is 2.58. The lowest BCUT2D eigenvalue weighted by atomic mass is 9.87. The topological polar surface area (TPSA) is 20.2 Å². The van der Waals surface area contributed by atoms with Gasteiger partial charge in [0.1, 0.15) is 5.75 Å². The van der Waals surface area contributed by atoms with Gasteiger partial charge in [0, 0.05) is 4.90 Å². The molecule has 0 fully saturated rings. The lowest BCUT2D eigenvalue weighted by Crippen LogP contribution is -2.10. The largest absolute Gasteiger partial charge is 0.507 e. The molecule has 0 saturated heterocycles. The Bertz CT molecular complexity index is 565. The van der Waals surface area contributed by atoms with Crippen molar-refractivity contribution in [2.75, 3.05) is 0 Å². The summed E-state index contributed by atoms with van der Waals surface area (Å²) in [6.45, 7) is 8.62. The summed E-state index contributed by atoms with van der Waals surface area (Å²) in [6, 6.07) is 14.2. The van der Waals surface area contributed by atoms with Gasteiger partial charge in [-0.3, -0.25) is 0 Å². The van der Waals surface area contributed by atoms with Gasteiger partial charge in [-0.25, -0.2) is 0 Å². The van der Waals surface area contributed by atoms with Gasteiger partial charge in [0.15, 0.2) is 0 Å². The highest BCUT2D eigenvalue weighted by molar-refractivity contribution is 7.99. The second-order valence-corrected chi connectivity index (χ2v) is 6.96. The Balaban J connectivity index is 2.31. The van der Waals surface area contributed by atoms with Gasteiger partial charge >= 0.3 is 0 Å². The van der Waals surface area contributed by atoms with E-state index in [1.807, 2.05) is 6.07 Å². The van der Waals surface area contributed by atoms with Crippen LogP contribution in [0.3, 0.4) is 0 Å². The summed E-state index contributed by atoms with van der Waals surface area (Å²) in [5, 5.41) is 10.00. The van der Waals surface area contributed by atoms with Crippen molar-refractivity contribution in [3.8, 4) is 5.75 Å². The summed E-state index contributed by atoms with van der Waals surface area (Å²) in [5.74, 6) is 0.346. The first-order valence-corrected chi connectivity index (χ1v) is 7.26. The molecule has 2 rings (SSSR count). The van der Waals surface area contributed by atoms with E-state index in [9.17, 15) is 5.11 Å². The fourth-order valence-corrected chi connectivity index (χ4v) is 2.68. The van der Waals surface area contributed by atoms with E-state index in [1.165, 1.54) is 11.1 Å². The smallest absolute Gasteiger partial charge is 0.129 e. The molecule has 0 atom stereocenters. The number of phenolic OH excluding ortho intramolecular Hbond substituents is 1. The molecule has 0 aliphatic heterocycles. The van der Waals surface area contributed by atoms with Gasteiger partial charge in [0.2, 0.25) is 0 Å². The molecular formula is C17H20OS. The third-order valence-electron chi connectivity index (χ3n) is 3.07. The second-order valence-electron chi connectivity index (χ2n) is 5.85. The normalized spacial score (nSPS) is 11.6. The minimum absolute atomic E-state index is 0.0935. The quantitative estimate of drug-likeness (QED) is 0.816. The zero-order chi connectivity index (χ0) is 14.0. The van der Waals surface area contributed by atoms with Crippen molar-refractivity contribution >= 4 is 11.8 Å². The maximum absolute atomic E-state index is 10.00. The van der Waals surface area contributed by atoms with Crippen molar-refractivity contribution in [2.45, 2.75) is 42.9 Å². The highest BCUT2D eigenvalue weighted by Crippen LogP contribution is 2.37. The molecule has 2 aromatic rings. The highest BCUT2D eigenvalue weighted by Gasteiger charge is 2.15. The Morgan fingerprint density at radius 2 is 1.58 bits per heavy atom. The highest BCUT2D eigenvalue weighted by atomic mass is 32.2. The van der Waals surface area contributed by atoms with Crippen molar-refractivity contribution in [3.05, 3.63) is 53.6 Å². The number of phenols is 1. The van der Waals surface area contributed by atoms with E-state index in [0.717, 1.165) is 9.79 Å². The van der Waals surface area contributed by atoms with Crippen LogP contribution in [0.15, 0.2) is 52.3 Å². The van der Waals surface area contributed by atoms with E-state index in [-0.39, 0.29) is 5.41 Å². The van der Waals surface area contributed by atoms with Crippen molar-refractivity contribution in [1.29, 1.82) is 0 Å². The number of rotatable bonds is 2. The van der Waals surface area contributed by atoms with E-state index in [4.69, 9.17) is 0 Å². The van der Waals surface area contributed by atoms with Crippen molar-refractivity contribution in [2.24, 2.45) is 0 Å². The average molecular weight is 272 g/mol. The van der Waals surface area contributed by atoms with Gasteiger partial charge in [-0.15, -0.1) is 0 Å². The first-order valence-electron chi connectivity index (χ1n) is 6.44. The summed E-state index contributed by atoms with van der Waals surface area (Å²) in [4.78, 5) is 2.06. The predicted octanol–water partition coefficient (Wildman–Crippen LogP) is 5.15. The molecule has 0 aliphatic rings. The lowest BCUT2D eigenvalue weighted by molar-refractivity contribution is 0.460. The van der Waals surface area contributed by atoms with Crippen LogP contribution in [0.1, 0.15) is 31.9 Å². The molecule has 0 aliphatic carbocycles. The maximum atomic E-state index is 10.00. The molecule has 100 valence electrons. The molecule has 0 spiro atoms. The molecule has 2 heteroatoms. The minimum Gasteiger partial charge on any atom is -0.507 e. The van der Waals surface area contributed by atoms with Gasteiger partial charge in [-0.2, -0.15) is 0 Å². The van der Waals surface area contributed by atoms with Crippen LogP contribution < -0.4 is 0 Å². The molecule has 0 bridgehead atoms. The molecule has 0 amide bonds. The van der Waals surface area contributed by atoms with Gasteiger partial charge in [0.25, 0.3) is 0 Å². The molecule has 1 N–H and O–H groups in total. The summed E-state index contributed by atoms with van der Waals surface area (Å²) >= 11 is 1.60. The van der Waals surface area contributed by atoms with E-state index in [1.54, 1.807) is 17.8 Å². The minimum atomic E-state index is 0.0935. The first kappa shape index (κ1) is 14.0. The Labute approximate surface area is 119 Å². The van der Waals surface area contributed by atoms with Crippen LogP contribution in [0, 0.1) is 6.92 Å². The molecule has 2 aromatic carbocycles. The van der Waals surface area contributed by atoms with Crippen LogP contribution in [0.25, 0.3) is 0 Å². The summed E-state index contributed by atoms with van der Waals surface area (Å²) in [7, 11) is 0. The van der Waals surface area contributed by atoms with Crippen LogP contribution in [-0.2, 0) is 5.41 Å². The number of hydrogen-bond donors (Lipinski definition) is 1. The van der Waals surface area contributed by atoms with Crippen LogP contribution in [0.4, 0.5) is 0 Å². The zero-order valence-electron chi connectivity index (χ0n) is 11.9. The van der Waals surface area contributed by atoms with E-state index >= 15 is 0 Å². The molecule has 0 unspecified atom stereocenters. The number of hydrogen-bond acceptors (Lipinski definition) is 2. The van der Waals surface area contributed by atoms with Crippen molar-refractivity contribution < 1.29 is 5.11 Å². The standard InChI is InChI=1S/C17H20OS/c1-12-5-8-14(9-6-12)19-16-11-13(17(2,3)4)7-10-15(16)18/h5-11,18H,1-4H3. The second kappa shape index (κ2) is 5.30. The number of aromatic hydroxyl groups is 1. The third-order valence-corrected chi connectivity index (χ3v) is 4.13. The Hall–Kier alpha value is -1.41. The molecular weight excluding hydrogens is 252 g/mol. The Morgan fingerprint density at radius 3 is 2.16 bits per heavy atom. The fourth-order valence-electron chi connectivity index (χ4n) is 1.80. The Kier molecular flexibility index (Phi) is 3.91. The Morgan fingerprint density at radius 1 is 0.947 bits per heavy atom. The SMILES string of the molecule is Cc1ccc(Sc2cc(C(C)(C)C)ccc2O)cc1. The molecule has 0 radical (unpaired) electrons.